The molecule has 2 nitrogen and oxygen atoms in total. The van der Waals surface area contributed by atoms with E-state index in [1.807, 2.05) is 0 Å². The van der Waals surface area contributed by atoms with Crippen molar-refractivity contribution in [1.82, 2.24) is 4.90 Å². The second-order valence-corrected chi connectivity index (χ2v) is 3.80. The molecule has 0 saturated heterocycles. The molecule has 0 N–H and O–H groups in total. The minimum atomic E-state index is 0.586. The molecule has 0 saturated carbocycles. The second kappa shape index (κ2) is 2.34. The van der Waals surface area contributed by atoms with Gasteiger partial charge in [0.2, 0.25) is 0 Å². The summed E-state index contributed by atoms with van der Waals surface area (Å²) in [6, 6.07) is 9.15. The van der Waals surface area contributed by atoms with E-state index < -0.39 is 0 Å². The average molecular weight is 172 g/mol. The van der Waals surface area contributed by atoms with Gasteiger partial charge in [-0.15, -0.1) is 0 Å². The quantitative estimate of drug-likeness (QED) is 0.581. The number of hydrogen-bond acceptors (Lipinski definition) is 2. The number of amidine groups is 1. The Morgan fingerprint density at radius 2 is 2.23 bits per heavy atom. The van der Waals surface area contributed by atoms with Gasteiger partial charge >= 0.3 is 0 Å². The summed E-state index contributed by atoms with van der Waals surface area (Å²) in [5.41, 5.74) is 2.76. The van der Waals surface area contributed by atoms with Crippen LogP contribution in [0.25, 0.3) is 0 Å². The Morgan fingerprint density at radius 1 is 1.38 bits per heavy atom. The van der Waals surface area contributed by atoms with Crippen LogP contribution >= 0.6 is 0 Å². The third-order valence-corrected chi connectivity index (χ3v) is 2.91. The fourth-order valence-corrected chi connectivity index (χ4v) is 2.15. The molecule has 0 amide bonds. The molecule has 1 aromatic rings. The Labute approximate surface area is 77.9 Å². The van der Waals surface area contributed by atoms with Gasteiger partial charge in [-0.3, -0.25) is 4.99 Å². The molecule has 66 valence electrons. The van der Waals surface area contributed by atoms with Gasteiger partial charge in [0.25, 0.3) is 0 Å². The summed E-state index contributed by atoms with van der Waals surface area (Å²) in [5.74, 6) is 1.21. The summed E-state index contributed by atoms with van der Waals surface area (Å²) < 4.78 is 0. The Bertz CT molecular complexity index is 381. The zero-order valence-electron chi connectivity index (χ0n) is 7.70. The number of hydrogen-bond donors (Lipinski definition) is 0. The first kappa shape index (κ1) is 7.13. The molecular weight excluding hydrogens is 160 g/mol. The number of benzene rings is 1. The summed E-state index contributed by atoms with van der Waals surface area (Å²) >= 11 is 0. The number of fused-ring (bicyclic) bond motifs is 3. The summed E-state index contributed by atoms with van der Waals surface area (Å²) in [7, 11) is 0. The Balaban J connectivity index is 2.14. The van der Waals surface area contributed by atoms with Crippen LogP contribution in [-0.2, 0) is 6.54 Å². The second-order valence-electron chi connectivity index (χ2n) is 3.80. The highest BCUT2D eigenvalue weighted by Gasteiger charge is 2.31. The molecule has 2 aliphatic heterocycles. The van der Waals surface area contributed by atoms with E-state index in [0.29, 0.717) is 6.04 Å². The van der Waals surface area contributed by atoms with Gasteiger partial charge in [0.1, 0.15) is 5.84 Å². The molecule has 0 unspecified atom stereocenters. The predicted octanol–water partition coefficient (Wildman–Crippen LogP) is 1.65. The zero-order chi connectivity index (χ0) is 8.84. The highest BCUT2D eigenvalue weighted by Crippen LogP contribution is 2.28. The maximum Gasteiger partial charge on any atom is 0.131 e. The molecule has 3 rings (SSSR count). The largest absolute Gasteiger partial charge is 0.347 e. The monoisotopic (exact) mass is 172 g/mol. The molecule has 0 bridgehead atoms. The molecule has 2 aliphatic rings. The van der Waals surface area contributed by atoms with Crippen LogP contribution in [0.15, 0.2) is 29.3 Å². The van der Waals surface area contributed by atoms with Gasteiger partial charge in [-0.2, -0.15) is 0 Å². The third kappa shape index (κ3) is 0.857. The fourth-order valence-electron chi connectivity index (χ4n) is 2.15. The molecule has 2 heterocycles. The van der Waals surface area contributed by atoms with Gasteiger partial charge in [-0.05, 0) is 12.5 Å². The molecule has 0 aliphatic carbocycles. The van der Waals surface area contributed by atoms with E-state index in [-0.39, 0.29) is 0 Å². The van der Waals surface area contributed by atoms with E-state index in [2.05, 4.69) is 41.1 Å². The lowest BCUT2D eigenvalue weighted by atomic mass is 10.1. The topological polar surface area (TPSA) is 15.6 Å². The van der Waals surface area contributed by atoms with Crippen molar-refractivity contribution in [3.63, 3.8) is 0 Å². The molecule has 0 aromatic heterocycles. The van der Waals surface area contributed by atoms with Gasteiger partial charge < -0.3 is 4.90 Å². The average Bonchev–Trinajstić information content (AvgIpc) is 2.67. The Morgan fingerprint density at radius 3 is 3.15 bits per heavy atom. The maximum atomic E-state index is 4.56. The number of rotatable bonds is 0. The summed E-state index contributed by atoms with van der Waals surface area (Å²) in [6.07, 6.45) is 0. The van der Waals surface area contributed by atoms with Crippen molar-refractivity contribution in [2.24, 2.45) is 4.99 Å². The van der Waals surface area contributed by atoms with E-state index in [1.165, 1.54) is 17.0 Å². The minimum absolute atomic E-state index is 0.586. The van der Waals surface area contributed by atoms with Gasteiger partial charge in [0.05, 0.1) is 6.54 Å². The van der Waals surface area contributed by atoms with Crippen molar-refractivity contribution in [2.45, 2.75) is 19.5 Å². The van der Waals surface area contributed by atoms with Gasteiger partial charge in [-0.1, -0.05) is 24.3 Å². The lowest BCUT2D eigenvalue weighted by molar-refractivity contribution is 0.370. The van der Waals surface area contributed by atoms with Crippen molar-refractivity contribution in [2.75, 3.05) is 6.54 Å². The Hall–Kier alpha value is -1.31. The molecule has 1 aromatic carbocycles. The van der Waals surface area contributed by atoms with E-state index in [4.69, 9.17) is 0 Å². The van der Waals surface area contributed by atoms with Gasteiger partial charge in [-0.25, -0.2) is 0 Å². The van der Waals surface area contributed by atoms with Crippen molar-refractivity contribution in [3.8, 4) is 0 Å². The van der Waals surface area contributed by atoms with E-state index in [0.717, 1.165) is 13.1 Å². The molecule has 0 fully saturated rings. The lowest BCUT2D eigenvalue weighted by Crippen LogP contribution is -2.29. The normalized spacial score (nSPS) is 24.2. The van der Waals surface area contributed by atoms with E-state index in [1.54, 1.807) is 0 Å². The van der Waals surface area contributed by atoms with Crippen LogP contribution in [-0.4, -0.2) is 23.3 Å². The summed E-state index contributed by atoms with van der Waals surface area (Å²) in [4.78, 5) is 6.96. The van der Waals surface area contributed by atoms with E-state index in [9.17, 15) is 0 Å². The molecule has 2 heteroatoms. The SMILES string of the molecule is C[C@@H]1CN=C2c3ccccc3CN21. The van der Waals surface area contributed by atoms with Crippen LogP contribution in [0.1, 0.15) is 18.1 Å². The van der Waals surface area contributed by atoms with Crippen LogP contribution in [0.5, 0.6) is 0 Å². The molecule has 13 heavy (non-hydrogen) atoms. The molecular formula is C11H12N2. The van der Waals surface area contributed by atoms with Crippen LogP contribution in [0.3, 0.4) is 0 Å². The summed E-state index contributed by atoms with van der Waals surface area (Å²) in [6.45, 7) is 4.25. The van der Waals surface area contributed by atoms with Crippen LogP contribution in [0.4, 0.5) is 0 Å². The van der Waals surface area contributed by atoms with Crippen molar-refractivity contribution >= 4 is 5.84 Å². The fraction of sp³-hybridized carbons (Fsp3) is 0.364. The number of nitrogens with zero attached hydrogens (tertiary/aromatic N) is 2. The predicted molar refractivity (Wildman–Crippen MR) is 52.9 cm³/mol. The van der Waals surface area contributed by atoms with Crippen LogP contribution < -0.4 is 0 Å². The molecule has 0 radical (unpaired) electrons. The zero-order valence-corrected chi connectivity index (χ0v) is 7.70. The maximum absolute atomic E-state index is 4.56. The third-order valence-electron chi connectivity index (χ3n) is 2.91. The van der Waals surface area contributed by atoms with Crippen LogP contribution in [0.2, 0.25) is 0 Å². The van der Waals surface area contributed by atoms with Crippen LogP contribution in [0, 0.1) is 0 Å². The van der Waals surface area contributed by atoms with Crippen molar-refractivity contribution < 1.29 is 0 Å². The lowest BCUT2D eigenvalue weighted by Gasteiger charge is -2.17. The molecule has 1 atom stereocenters. The van der Waals surface area contributed by atoms with Gasteiger partial charge in [0, 0.05) is 18.2 Å². The number of aliphatic imine (C=N–C) groups is 1. The molecule has 0 spiro atoms. The Kier molecular flexibility index (Phi) is 1.29. The van der Waals surface area contributed by atoms with Crippen molar-refractivity contribution in [1.29, 1.82) is 0 Å². The van der Waals surface area contributed by atoms with E-state index >= 15 is 0 Å². The standard InChI is InChI=1S/C11H12N2/c1-8-6-12-11-10-5-3-2-4-9(10)7-13(8)11/h2-5,8H,6-7H2,1H3/t8-/m1/s1. The van der Waals surface area contributed by atoms with Gasteiger partial charge in [0.15, 0.2) is 0 Å². The first-order valence-electron chi connectivity index (χ1n) is 4.75. The smallest absolute Gasteiger partial charge is 0.131 e. The summed E-state index contributed by atoms with van der Waals surface area (Å²) in [5, 5.41) is 0. The highest BCUT2D eigenvalue weighted by molar-refractivity contribution is 6.03. The first-order valence-corrected chi connectivity index (χ1v) is 4.75. The highest BCUT2D eigenvalue weighted by atomic mass is 15.3. The van der Waals surface area contributed by atoms with Crippen molar-refractivity contribution in [3.05, 3.63) is 35.4 Å². The first-order chi connectivity index (χ1) is 6.36. The minimum Gasteiger partial charge on any atom is -0.347 e.